The number of halogens is 3. The number of imidazole rings is 1. The molecule has 0 unspecified atom stereocenters. The maximum Gasteiger partial charge on any atom is 0.147 e. The standard InChI is InChI=1S/C16H13BrClFN2/c1-10-2-4-12(19)14(8-10)21-15-9-11(17)3-5-13(15)20-16(21)6-7-18/h2-5,8-9H,6-7H2,1H3. The topological polar surface area (TPSA) is 17.8 Å². The van der Waals surface area contributed by atoms with Crippen molar-refractivity contribution in [1.82, 2.24) is 9.55 Å². The Morgan fingerprint density at radius 3 is 2.81 bits per heavy atom. The summed E-state index contributed by atoms with van der Waals surface area (Å²) in [5.74, 6) is 0.941. The second-order valence-electron chi connectivity index (χ2n) is 4.89. The average Bonchev–Trinajstić information content (AvgIpc) is 2.79. The van der Waals surface area contributed by atoms with Crippen LogP contribution < -0.4 is 0 Å². The molecule has 108 valence electrons. The predicted molar refractivity (Wildman–Crippen MR) is 87.9 cm³/mol. The van der Waals surface area contributed by atoms with E-state index in [1.54, 1.807) is 6.07 Å². The van der Waals surface area contributed by atoms with Gasteiger partial charge in [0.25, 0.3) is 0 Å². The molecule has 0 atom stereocenters. The zero-order chi connectivity index (χ0) is 15.0. The van der Waals surface area contributed by atoms with Gasteiger partial charge in [0.05, 0.1) is 16.7 Å². The van der Waals surface area contributed by atoms with Gasteiger partial charge in [-0.1, -0.05) is 22.0 Å². The van der Waals surface area contributed by atoms with Crippen molar-refractivity contribution in [2.24, 2.45) is 0 Å². The third-order valence-electron chi connectivity index (χ3n) is 3.35. The molecule has 0 radical (unpaired) electrons. The number of aromatic nitrogens is 2. The Labute approximate surface area is 135 Å². The van der Waals surface area contributed by atoms with Crippen LogP contribution in [0.25, 0.3) is 16.7 Å². The molecule has 0 bridgehead atoms. The Bertz CT molecular complexity index is 813. The fourth-order valence-electron chi connectivity index (χ4n) is 2.41. The molecule has 0 aliphatic carbocycles. The molecule has 21 heavy (non-hydrogen) atoms. The van der Waals surface area contributed by atoms with Gasteiger partial charge in [0.1, 0.15) is 11.6 Å². The summed E-state index contributed by atoms with van der Waals surface area (Å²) < 4.78 is 17.1. The first-order valence-electron chi connectivity index (χ1n) is 6.59. The Hall–Kier alpha value is -1.39. The number of fused-ring (bicyclic) bond motifs is 1. The molecule has 3 rings (SSSR count). The Morgan fingerprint density at radius 2 is 2.05 bits per heavy atom. The van der Waals surface area contributed by atoms with Gasteiger partial charge in [-0.15, -0.1) is 11.6 Å². The van der Waals surface area contributed by atoms with E-state index in [1.165, 1.54) is 6.07 Å². The maximum absolute atomic E-state index is 14.3. The van der Waals surface area contributed by atoms with Crippen LogP contribution in [0, 0.1) is 12.7 Å². The lowest BCUT2D eigenvalue weighted by atomic mass is 10.2. The lowest BCUT2D eigenvalue weighted by molar-refractivity contribution is 0.616. The van der Waals surface area contributed by atoms with E-state index in [-0.39, 0.29) is 5.82 Å². The van der Waals surface area contributed by atoms with Crippen molar-refractivity contribution in [3.63, 3.8) is 0 Å². The summed E-state index contributed by atoms with van der Waals surface area (Å²) in [5, 5.41) is 0. The zero-order valence-electron chi connectivity index (χ0n) is 11.4. The molecule has 0 N–H and O–H groups in total. The zero-order valence-corrected chi connectivity index (χ0v) is 13.7. The third kappa shape index (κ3) is 2.70. The lowest BCUT2D eigenvalue weighted by Crippen LogP contribution is -2.04. The van der Waals surface area contributed by atoms with Crippen molar-refractivity contribution in [1.29, 1.82) is 0 Å². The van der Waals surface area contributed by atoms with Gasteiger partial charge >= 0.3 is 0 Å². The quantitative estimate of drug-likeness (QED) is 0.595. The highest BCUT2D eigenvalue weighted by molar-refractivity contribution is 9.10. The molecule has 1 aromatic heterocycles. The molecule has 2 nitrogen and oxygen atoms in total. The Balaban J connectivity index is 2.35. The van der Waals surface area contributed by atoms with Crippen molar-refractivity contribution in [3.8, 4) is 5.69 Å². The third-order valence-corrected chi connectivity index (χ3v) is 4.03. The maximum atomic E-state index is 14.3. The van der Waals surface area contributed by atoms with Crippen LogP contribution in [0.5, 0.6) is 0 Å². The van der Waals surface area contributed by atoms with E-state index in [0.29, 0.717) is 18.0 Å². The van der Waals surface area contributed by atoms with Crippen LogP contribution in [0.1, 0.15) is 11.4 Å². The van der Waals surface area contributed by atoms with Gasteiger partial charge in [-0.2, -0.15) is 0 Å². The van der Waals surface area contributed by atoms with Crippen molar-refractivity contribution in [2.75, 3.05) is 5.88 Å². The van der Waals surface area contributed by atoms with Crippen LogP contribution in [0.15, 0.2) is 40.9 Å². The average molecular weight is 368 g/mol. The minimum absolute atomic E-state index is 0.268. The number of benzene rings is 2. The lowest BCUT2D eigenvalue weighted by Gasteiger charge is -2.11. The van der Waals surface area contributed by atoms with Crippen molar-refractivity contribution < 1.29 is 4.39 Å². The first kappa shape index (κ1) is 14.5. The highest BCUT2D eigenvalue weighted by atomic mass is 79.9. The summed E-state index contributed by atoms with van der Waals surface area (Å²) in [6.07, 6.45) is 0.585. The predicted octanol–water partition coefficient (Wildman–Crippen LogP) is 5.02. The minimum atomic E-state index is -0.268. The van der Waals surface area contributed by atoms with E-state index in [1.807, 2.05) is 35.8 Å². The van der Waals surface area contributed by atoms with Crippen molar-refractivity contribution >= 4 is 38.6 Å². The molecule has 5 heteroatoms. The number of aryl methyl sites for hydroxylation is 2. The molecule has 2 aromatic carbocycles. The molecule has 0 aliphatic rings. The van der Waals surface area contributed by atoms with Crippen LogP contribution in [0.4, 0.5) is 4.39 Å². The molecule has 0 saturated heterocycles. The summed E-state index contributed by atoms with van der Waals surface area (Å²) in [6.45, 7) is 1.94. The van der Waals surface area contributed by atoms with E-state index in [4.69, 9.17) is 11.6 Å². The van der Waals surface area contributed by atoms with E-state index in [2.05, 4.69) is 20.9 Å². The first-order valence-corrected chi connectivity index (χ1v) is 7.92. The normalized spacial score (nSPS) is 11.2. The van der Waals surface area contributed by atoms with E-state index in [9.17, 15) is 4.39 Å². The van der Waals surface area contributed by atoms with Crippen LogP contribution in [0.2, 0.25) is 0 Å². The van der Waals surface area contributed by atoms with Crippen LogP contribution in [-0.2, 0) is 6.42 Å². The smallest absolute Gasteiger partial charge is 0.147 e. The Kier molecular flexibility index (Phi) is 4.00. The number of alkyl halides is 1. The van der Waals surface area contributed by atoms with Crippen LogP contribution in [0.3, 0.4) is 0 Å². The summed E-state index contributed by atoms with van der Waals surface area (Å²) in [4.78, 5) is 4.58. The highest BCUT2D eigenvalue weighted by Gasteiger charge is 2.15. The molecule has 0 spiro atoms. The summed E-state index contributed by atoms with van der Waals surface area (Å²) in [7, 11) is 0. The molecule has 3 aromatic rings. The number of hydrogen-bond acceptors (Lipinski definition) is 1. The molecule has 0 fully saturated rings. The summed E-state index contributed by atoms with van der Waals surface area (Å²) >= 11 is 9.33. The van der Waals surface area contributed by atoms with Crippen LogP contribution >= 0.6 is 27.5 Å². The molecule has 0 amide bonds. The SMILES string of the molecule is Cc1ccc(F)c(-n2c(CCCl)nc3ccc(Br)cc32)c1. The van der Waals surface area contributed by atoms with Crippen molar-refractivity contribution in [2.45, 2.75) is 13.3 Å². The summed E-state index contributed by atoms with van der Waals surface area (Å²) in [6, 6.07) is 10.9. The van der Waals surface area contributed by atoms with Gasteiger partial charge in [0, 0.05) is 16.8 Å². The molecular formula is C16H13BrClFN2. The monoisotopic (exact) mass is 366 g/mol. The van der Waals surface area contributed by atoms with E-state index >= 15 is 0 Å². The number of nitrogens with zero attached hydrogens (tertiary/aromatic N) is 2. The van der Waals surface area contributed by atoms with E-state index < -0.39 is 0 Å². The fraction of sp³-hybridized carbons (Fsp3) is 0.188. The number of rotatable bonds is 3. The molecular weight excluding hydrogens is 355 g/mol. The first-order chi connectivity index (χ1) is 10.1. The van der Waals surface area contributed by atoms with Gasteiger partial charge in [0.15, 0.2) is 0 Å². The minimum Gasteiger partial charge on any atom is -0.293 e. The molecule has 1 heterocycles. The molecule has 0 aliphatic heterocycles. The highest BCUT2D eigenvalue weighted by Crippen LogP contribution is 2.27. The van der Waals surface area contributed by atoms with Crippen molar-refractivity contribution in [3.05, 3.63) is 58.1 Å². The van der Waals surface area contributed by atoms with Gasteiger partial charge in [-0.05, 0) is 42.8 Å². The summed E-state index contributed by atoms with van der Waals surface area (Å²) in [5.41, 5.74) is 3.21. The van der Waals surface area contributed by atoms with Crippen LogP contribution in [-0.4, -0.2) is 15.4 Å². The number of hydrogen-bond donors (Lipinski definition) is 0. The Morgan fingerprint density at radius 1 is 1.24 bits per heavy atom. The second kappa shape index (κ2) is 5.78. The molecule has 0 saturated carbocycles. The largest absolute Gasteiger partial charge is 0.293 e. The van der Waals surface area contributed by atoms with E-state index in [0.717, 1.165) is 26.9 Å². The van der Waals surface area contributed by atoms with Gasteiger partial charge in [0.2, 0.25) is 0 Å². The fourth-order valence-corrected chi connectivity index (χ4v) is 2.93. The van der Waals surface area contributed by atoms with Gasteiger partial charge < -0.3 is 0 Å². The second-order valence-corrected chi connectivity index (χ2v) is 6.18. The van der Waals surface area contributed by atoms with Gasteiger partial charge in [-0.3, -0.25) is 4.57 Å². The van der Waals surface area contributed by atoms with Gasteiger partial charge in [-0.25, -0.2) is 9.37 Å².